The Morgan fingerprint density at radius 2 is 1.73 bits per heavy atom. The van der Waals surface area contributed by atoms with Gasteiger partial charge in [0, 0.05) is 23.6 Å². The highest BCUT2D eigenvalue weighted by Gasteiger charge is 2.33. The molecule has 0 aliphatic rings. The van der Waals surface area contributed by atoms with E-state index in [2.05, 4.69) is 15.3 Å². The third-order valence-electron chi connectivity index (χ3n) is 5.95. The number of ether oxygens (including phenoxy) is 1. The molecule has 1 atom stereocenters. The summed E-state index contributed by atoms with van der Waals surface area (Å²) >= 11 is 0. The molecule has 37 heavy (non-hydrogen) atoms. The minimum Gasteiger partial charge on any atom is -0.496 e. The van der Waals surface area contributed by atoms with Crippen LogP contribution in [0.3, 0.4) is 0 Å². The van der Waals surface area contributed by atoms with Gasteiger partial charge in [-0.15, -0.1) is 0 Å². The van der Waals surface area contributed by atoms with E-state index in [4.69, 9.17) is 4.74 Å². The van der Waals surface area contributed by atoms with E-state index >= 15 is 0 Å². The van der Waals surface area contributed by atoms with Crippen molar-refractivity contribution in [3.63, 3.8) is 0 Å². The summed E-state index contributed by atoms with van der Waals surface area (Å²) in [6.07, 6.45) is 5.10. The number of hydrogen-bond acceptors (Lipinski definition) is 5. The van der Waals surface area contributed by atoms with E-state index in [-0.39, 0.29) is 12.2 Å². The Morgan fingerprint density at radius 1 is 1.00 bits per heavy atom. The van der Waals surface area contributed by atoms with E-state index in [1.165, 1.54) is 47.8 Å². The minimum atomic E-state index is -1.03. The lowest BCUT2D eigenvalue weighted by Gasteiger charge is -2.31. The van der Waals surface area contributed by atoms with Gasteiger partial charge in [-0.25, -0.2) is 9.37 Å². The summed E-state index contributed by atoms with van der Waals surface area (Å²) in [6.45, 7) is 2.11. The lowest BCUT2D eigenvalue weighted by atomic mass is 10.00. The summed E-state index contributed by atoms with van der Waals surface area (Å²) < 4.78 is 19.0. The van der Waals surface area contributed by atoms with Crippen molar-refractivity contribution in [2.75, 3.05) is 12.4 Å². The average Bonchev–Trinajstić information content (AvgIpc) is 2.94. The monoisotopic (exact) mass is 498 g/mol. The van der Waals surface area contributed by atoms with Gasteiger partial charge in [-0.05, 0) is 47.9 Å². The first kappa shape index (κ1) is 25.5. The number of benzene rings is 3. The molecular formula is C29H27FN4O3. The third kappa shape index (κ3) is 6.16. The third-order valence-corrected chi connectivity index (χ3v) is 5.95. The van der Waals surface area contributed by atoms with Crippen LogP contribution in [0.4, 0.5) is 10.1 Å². The number of rotatable bonds is 9. The number of amides is 2. The number of halogens is 1. The first-order chi connectivity index (χ1) is 18.0. The number of hydrogen-bond donors (Lipinski definition) is 1. The molecule has 0 saturated heterocycles. The second-order valence-electron chi connectivity index (χ2n) is 8.33. The van der Waals surface area contributed by atoms with E-state index in [1.54, 1.807) is 13.2 Å². The van der Waals surface area contributed by atoms with Gasteiger partial charge in [0.05, 0.1) is 19.9 Å². The molecule has 1 aromatic heterocycles. The second-order valence-corrected chi connectivity index (χ2v) is 8.33. The number of carbonyl (C=O) groups excluding carboxylic acids is 2. The Morgan fingerprint density at radius 3 is 2.38 bits per heavy atom. The largest absolute Gasteiger partial charge is 0.496 e. The molecule has 4 aromatic rings. The van der Waals surface area contributed by atoms with Crippen LogP contribution < -0.4 is 10.1 Å². The summed E-state index contributed by atoms with van der Waals surface area (Å²) in [7, 11) is 1.55. The van der Waals surface area contributed by atoms with Crippen molar-refractivity contribution in [3.8, 4) is 5.75 Å². The van der Waals surface area contributed by atoms with Crippen LogP contribution in [-0.4, -0.2) is 33.8 Å². The summed E-state index contributed by atoms with van der Waals surface area (Å²) in [5.74, 6) is -0.764. The molecule has 188 valence electrons. The second kappa shape index (κ2) is 11.9. The summed E-state index contributed by atoms with van der Waals surface area (Å²) in [6, 6.07) is 19.3. The Balaban J connectivity index is 1.81. The number of nitrogens with zero attached hydrogens (tertiary/aromatic N) is 3. The summed E-state index contributed by atoms with van der Waals surface area (Å²) in [5.41, 5.74) is 2.93. The molecule has 0 saturated carbocycles. The van der Waals surface area contributed by atoms with Crippen molar-refractivity contribution in [1.29, 1.82) is 0 Å². The average molecular weight is 499 g/mol. The summed E-state index contributed by atoms with van der Waals surface area (Å²) in [4.78, 5) is 37.3. The summed E-state index contributed by atoms with van der Waals surface area (Å²) in [5, 5.41) is 2.83. The predicted octanol–water partition coefficient (Wildman–Crippen LogP) is 5.21. The van der Waals surface area contributed by atoms with E-state index < -0.39 is 23.7 Å². The molecule has 0 fully saturated rings. The van der Waals surface area contributed by atoms with Crippen LogP contribution in [0.5, 0.6) is 5.75 Å². The maximum Gasteiger partial charge on any atom is 0.275 e. The molecule has 4 rings (SSSR count). The van der Waals surface area contributed by atoms with Crippen LogP contribution in [0.1, 0.15) is 40.1 Å². The first-order valence-electron chi connectivity index (χ1n) is 11.8. The maximum atomic E-state index is 13.8. The number of aryl methyl sites for hydroxylation is 1. The van der Waals surface area contributed by atoms with Gasteiger partial charge in [-0.1, -0.05) is 49.4 Å². The van der Waals surface area contributed by atoms with Crippen molar-refractivity contribution in [3.05, 3.63) is 120 Å². The first-order valence-corrected chi connectivity index (χ1v) is 11.8. The number of anilines is 1. The molecule has 7 nitrogen and oxygen atoms in total. The molecule has 1 heterocycles. The molecule has 0 aliphatic carbocycles. The molecule has 8 heteroatoms. The number of para-hydroxylation sites is 1. The van der Waals surface area contributed by atoms with E-state index in [0.29, 0.717) is 22.6 Å². The van der Waals surface area contributed by atoms with Crippen molar-refractivity contribution in [2.45, 2.75) is 25.9 Å². The highest BCUT2D eigenvalue weighted by molar-refractivity contribution is 6.00. The van der Waals surface area contributed by atoms with Crippen LogP contribution in [0.25, 0.3) is 0 Å². The molecule has 1 N–H and O–H groups in total. The zero-order valence-electron chi connectivity index (χ0n) is 20.6. The van der Waals surface area contributed by atoms with Crippen LogP contribution >= 0.6 is 0 Å². The van der Waals surface area contributed by atoms with E-state index in [1.807, 2.05) is 49.4 Å². The van der Waals surface area contributed by atoms with E-state index in [9.17, 15) is 14.0 Å². The minimum absolute atomic E-state index is 0.0659. The van der Waals surface area contributed by atoms with Gasteiger partial charge in [-0.2, -0.15) is 0 Å². The van der Waals surface area contributed by atoms with Crippen molar-refractivity contribution in [2.24, 2.45) is 0 Å². The van der Waals surface area contributed by atoms with Crippen LogP contribution in [-0.2, 0) is 17.8 Å². The fourth-order valence-electron chi connectivity index (χ4n) is 4.01. The van der Waals surface area contributed by atoms with Crippen molar-refractivity contribution >= 4 is 17.5 Å². The molecule has 1 unspecified atom stereocenters. The zero-order valence-corrected chi connectivity index (χ0v) is 20.6. The Bertz CT molecular complexity index is 1350. The van der Waals surface area contributed by atoms with Gasteiger partial charge in [0.15, 0.2) is 0 Å². The molecule has 2 amide bonds. The van der Waals surface area contributed by atoms with E-state index in [0.717, 1.165) is 12.0 Å². The molecule has 0 radical (unpaired) electrons. The van der Waals surface area contributed by atoms with Crippen molar-refractivity contribution < 1.29 is 18.7 Å². The standard InChI is InChI=1S/C29H27FN4O3/c1-3-20-8-10-21(11-9-20)27(28(35)33-24-14-12-23(30)13-15-24)34(29(36)25-18-31-16-17-32-25)19-22-6-4-5-7-26(22)37-2/h4-18,27H,3,19H2,1-2H3,(H,33,35). The van der Waals surface area contributed by atoms with Gasteiger partial charge < -0.3 is 15.0 Å². The Kier molecular flexibility index (Phi) is 8.20. The lowest BCUT2D eigenvalue weighted by molar-refractivity contribution is -0.121. The Labute approximate surface area is 215 Å². The van der Waals surface area contributed by atoms with Crippen LogP contribution in [0.15, 0.2) is 91.4 Å². The topological polar surface area (TPSA) is 84.4 Å². The fraction of sp³-hybridized carbons (Fsp3) is 0.172. The zero-order chi connectivity index (χ0) is 26.2. The highest BCUT2D eigenvalue weighted by atomic mass is 19.1. The smallest absolute Gasteiger partial charge is 0.275 e. The highest BCUT2D eigenvalue weighted by Crippen LogP contribution is 2.29. The quantitative estimate of drug-likeness (QED) is 0.343. The normalized spacial score (nSPS) is 11.4. The molecular weight excluding hydrogens is 471 g/mol. The Hall–Kier alpha value is -4.59. The fourth-order valence-corrected chi connectivity index (χ4v) is 4.01. The number of nitrogens with one attached hydrogen (secondary N) is 1. The van der Waals surface area contributed by atoms with Gasteiger partial charge in [0.2, 0.25) is 0 Å². The number of aromatic nitrogens is 2. The number of methoxy groups -OCH3 is 1. The molecule has 3 aromatic carbocycles. The number of carbonyl (C=O) groups is 2. The van der Waals surface area contributed by atoms with Crippen molar-refractivity contribution in [1.82, 2.24) is 14.9 Å². The molecule has 0 bridgehead atoms. The van der Waals surface area contributed by atoms with Crippen LogP contribution in [0, 0.1) is 5.82 Å². The van der Waals surface area contributed by atoms with Gasteiger partial charge in [-0.3, -0.25) is 14.6 Å². The SMILES string of the molecule is CCc1ccc(C(C(=O)Nc2ccc(F)cc2)N(Cc2ccccc2OC)C(=O)c2cnccn2)cc1. The van der Waals surface area contributed by atoms with Gasteiger partial charge in [0.25, 0.3) is 11.8 Å². The van der Waals surface area contributed by atoms with Gasteiger partial charge in [0.1, 0.15) is 23.3 Å². The maximum absolute atomic E-state index is 13.8. The van der Waals surface area contributed by atoms with Crippen LogP contribution in [0.2, 0.25) is 0 Å². The molecule has 0 spiro atoms. The predicted molar refractivity (Wildman–Crippen MR) is 138 cm³/mol. The molecule has 0 aliphatic heterocycles. The lowest BCUT2D eigenvalue weighted by Crippen LogP contribution is -2.41. The van der Waals surface area contributed by atoms with Gasteiger partial charge >= 0.3 is 0 Å².